The van der Waals surface area contributed by atoms with Gasteiger partial charge in [0.25, 0.3) is 0 Å². The quantitative estimate of drug-likeness (QED) is 0.930. The zero-order valence-electron chi connectivity index (χ0n) is 9.82. The third kappa shape index (κ3) is 3.87. The number of aromatic nitrogens is 1. The van der Waals surface area contributed by atoms with Gasteiger partial charge in [0.05, 0.1) is 0 Å². The summed E-state index contributed by atoms with van der Waals surface area (Å²) in [4.78, 5) is 3.93. The molecule has 0 fully saturated rings. The summed E-state index contributed by atoms with van der Waals surface area (Å²) < 4.78 is 40.2. The second-order valence-electron chi connectivity index (χ2n) is 3.95. The number of pyridine rings is 1. The molecular weight excluding hydrogens is 257 g/mol. The van der Waals surface area contributed by atoms with Crippen molar-refractivity contribution in [3.8, 4) is 5.75 Å². The minimum Gasteiger partial charge on any atom is -0.406 e. The monoisotopic (exact) mass is 268 g/mol. The van der Waals surface area contributed by atoms with Crippen LogP contribution < -0.4 is 10.5 Å². The molecule has 2 rings (SSSR count). The van der Waals surface area contributed by atoms with Crippen molar-refractivity contribution in [3.05, 3.63) is 53.9 Å². The van der Waals surface area contributed by atoms with Crippen LogP contribution in [-0.4, -0.2) is 11.3 Å². The summed E-state index contributed by atoms with van der Waals surface area (Å²) >= 11 is 0. The van der Waals surface area contributed by atoms with Crippen molar-refractivity contribution in [2.75, 3.05) is 5.73 Å². The van der Waals surface area contributed by atoms with Gasteiger partial charge in [-0.25, -0.2) is 0 Å². The highest BCUT2D eigenvalue weighted by atomic mass is 19.4. The Bertz CT molecular complexity index is 570. The van der Waals surface area contributed by atoms with E-state index < -0.39 is 6.36 Å². The molecule has 0 spiro atoms. The molecule has 0 aliphatic heterocycles. The molecule has 0 aliphatic rings. The number of anilines is 1. The highest BCUT2D eigenvalue weighted by Gasteiger charge is 2.31. The summed E-state index contributed by atoms with van der Waals surface area (Å²) in [5.74, 6) is -0.243. The van der Waals surface area contributed by atoms with E-state index in [2.05, 4.69) is 9.72 Å². The molecule has 0 amide bonds. The Morgan fingerprint density at radius 3 is 2.68 bits per heavy atom. The normalized spacial score (nSPS) is 11.3. The fraction of sp³-hybridized carbons (Fsp3) is 0.154. The van der Waals surface area contributed by atoms with Crippen LogP contribution >= 0.6 is 0 Å². The highest BCUT2D eigenvalue weighted by Crippen LogP contribution is 2.24. The van der Waals surface area contributed by atoms with E-state index in [0.29, 0.717) is 17.7 Å². The van der Waals surface area contributed by atoms with Crippen LogP contribution in [0.2, 0.25) is 0 Å². The molecule has 1 heterocycles. The van der Waals surface area contributed by atoms with Crippen molar-refractivity contribution >= 4 is 5.69 Å². The smallest absolute Gasteiger partial charge is 0.406 e. The molecule has 1 aromatic carbocycles. The molecule has 19 heavy (non-hydrogen) atoms. The first-order chi connectivity index (χ1) is 8.94. The van der Waals surface area contributed by atoms with Crippen molar-refractivity contribution in [2.24, 2.45) is 0 Å². The van der Waals surface area contributed by atoms with Crippen LogP contribution in [0.3, 0.4) is 0 Å². The van der Waals surface area contributed by atoms with Crippen LogP contribution in [0.15, 0.2) is 42.7 Å². The van der Waals surface area contributed by atoms with Gasteiger partial charge in [-0.1, -0.05) is 12.1 Å². The fourth-order valence-corrected chi connectivity index (χ4v) is 1.66. The number of hydrogen-bond donors (Lipinski definition) is 1. The van der Waals surface area contributed by atoms with Gasteiger partial charge in [0.2, 0.25) is 0 Å². The van der Waals surface area contributed by atoms with Gasteiger partial charge in [0.1, 0.15) is 5.75 Å². The topological polar surface area (TPSA) is 48.1 Å². The van der Waals surface area contributed by atoms with Crippen LogP contribution in [0.25, 0.3) is 0 Å². The Morgan fingerprint density at radius 1 is 1.21 bits per heavy atom. The number of nitrogen functional groups attached to an aromatic ring is 1. The molecule has 0 saturated heterocycles. The fourth-order valence-electron chi connectivity index (χ4n) is 1.66. The first-order valence-corrected chi connectivity index (χ1v) is 5.47. The van der Waals surface area contributed by atoms with E-state index >= 15 is 0 Å². The molecule has 0 unspecified atom stereocenters. The van der Waals surface area contributed by atoms with Crippen LogP contribution in [-0.2, 0) is 6.42 Å². The number of nitrogens with zero attached hydrogens (tertiary/aromatic N) is 1. The Hall–Kier alpha value is -2.24. The molecule has 2 aromatic rings. The second-order valence-corrected chi connectivity index (χ2v) is 3.95. The van der Waals surface area contributed by atoms with Crippen molar-refractivity contribution in [3.63, 3.8) is 0 Å². The largest absolute Gasteiger partial charge is 0.573 e. The lowest BCUT2D eigenvalue weighted by atomic mass is 10.1. The van der Waals surface area contributed by atoms with Crippen LogP contribution in [0, 0.1) is 0 Å². The molecule has 0 radical (unpaired) electrons. The lowest BCUT2D eigenvalue weighted by molar-refractivity contribution is -0.274. The molecule has 100 valence electrons. The average Bonchev–Trinajstić information content (AvgIpc) is 2.30. The minimum absolute atomic E-state index is 0.243. The summed E-state index contributed by atoms with van der Waals surface area (Å²) in [6.45, 7) is 0. The Morgan fingerprint density at radius 2 is 2.00 bits per heavy atom. The lowest BCUT2D eigenvalue weighted by Gasteiger charge is -2.10. The summed E-state index contributed by atoms with van der Waals surface area (Å²) in [5, 5.41) is 0. The molecule has 3 nitrogen and oxygen atoms in total. The number of benzene rings is 1. The molecule has 6 heteroatoms. The summed E-state index contributed by atoms with van der Waals surface area (Å²) in [5.41, 5.74) is 7.73. The van der Waals surface area contributed by atoms with E-state index in [0.717, 1.165) is 5.56 Å². The summed E-state index contributed by atoms with van der Waals surface area (Å²) in [6.07, 6.45) is -1.14. The second kappa shape index (κ2) is 5.17. The van der Waals surface area contributed by atoms with Crippen molar-refractivity contribution in [1.29, 1.82) is 0 Å². The predicted molar refractivity (Wildman–Crippen MR) is 64.6 cm³/mol. The Kier molecular flexibility index (Phi) is 3.59. The van der Waals surface area contributed by atoms with Crippen LogP contribution in [0.4, 0.5) is 18.9 Å². The predicted octanol–water partition coefficient (Wildman–Crippen LogP) is 3.15. The van der Waals surface area contributed by atoms with Crippen LogP contribution in [0.1, 0.15) is 11.1 Å². The average molecular weight is 268 g/mol. The van der Waals surface area contributed by atoms with Crippen LogP contribution in [0.5, 0.6) is 5.75 Å². The maximum atomic E-state index is 12.1. The van der Waals surface area contributed by atoms with E-state index in [1.807, 2.05) is 0 Å². The van der Waals surface area contributed by atoms with Crippen molar-refractivity contribution in [2.45, 2.75) is 12.8 Å². The zero-order chi connectivity index (χ0) is 13.9. The van der Waals surface area contributed by atoms with Gasteiger partial charge in [-0.15, -0.1) is 13.2 Å². The van der Waals surface area contributed by atoms with Gasteiger partial charge in [0.15, 0.2) is 0 Å². The lowest BCUT2D eigenvalue weighted by Crippen LogP contribution is -2.17. The van der Waals surface area contributed by atoms with E-state index in [9.17, 15) is 13.2 Å². The maximum absolute atomic E-state index is 12.1. The molecular formula is C13H11F3N2O. The van der Waals surface area contributed by atoms with E-state index in [-0.39, 0.29) is 5.75 Å². The highest BCUT2D eigenvalue weighted by molar-refractivity contribution is 5.47. The first-order valence-electron chi connectivity index (χ1n) is 5.47. The van der Waals surface area contributed by atoms with E-state index in [1.54, 1.807) is 24.5 Å². The minimum atomic E-state index is -4.69. The van der Waals surface area contributed by atoms with Gasteiger partial charge in [-0.3, -0.25) is 4.98 Å². The first kappa shape index (κ1) is 13.2. The Balaban J connectivity index is 2.18. The summed E-state index contributed by atoms with van der Waals surface area (Å²) in [7, 11) is 0. The molecule has 2 N–H and O–H groups in total. The van der Waals surface area contributed by atoms with Crippen molar-refractivity contribution < 1.29 is 17.9 Å². The molecule has 1 aromatic heterocycles. The standard InChI is InChI=1S/C13H11F3N2O/c14-13(15,16)19-11-3-1-2-9(7-11)6-10-8-18-5-4-12(10)17/h1-5,7-8H,6H2,(H2,17,18). The van der Waals surface area contributed by atoms with Gasteiger partial charge in [-0.05, 0) is 29.3 Å². The third-order valence-electron chi connectivity index (χ3n) is 2.47. The number of rotatable bonds is 3. The van der Waals surface area contributed by atoms with E-state index in [4.69, 9.17) is 5.73 Å². The van der Waals surface area contributed by atoms with Gasteiger partial charge >= 0.3 is 6.36 Å². The third-order valence-corrected chi connectivity index (χ3v) is 2.47. The number of halogens is 3. The molecule has 0 atom stereocenters. The number of alkyl halides is 3. The van der Waals surface area contributed by atoms with Gasteiger partial charge < -0.3 is 10.5 Å². The maximum Gasteiger partial charge on any atom is 0.573 e. The van der Waals surface area contributed by atoms with Gasteiger partial charge in [0, 0.05) is 24.5 Å². The Labute approximate surface area is 107 Å². The molecule has 0 saturated carbocycles. The molecule has 0 aliphatic carbocycles. The van der Waals surface area contributed by atoms with Gasteiger partial charge in [-0.2, -0.15) is 0 Å². The van der Waals surface area contributed by atoms with E-state index in [1.165, 1.54) is 18.2 Å². The number of ether oxygens (including phenoxy) is 1. The zero-order valence-corrected chi connectivity index (χ0v) is 9.82. The number of hydrogen-bond acceptors (Lipinski definition) is 3. The SMILES string of the molecule is Nc1ccncc1Cc1cccc(OC(F)(F)F)c1. The van der Waals surface area contributed by atoms with Crippen molar-refractivity contribution in [1.82, 2.24) is 4.98 Å². The molecule has 0 bridgehead atoms. The number of nitrogens with two attached hydrogens (primary N) is 1. The summed E-state index contributed by atoms with van der Waals surface area (Å²) in [6, 6.07) is 7.44.